The summed E-state index contributed by atoms with van der Waals surface area (Å²) < 4.78 is 28.8. The molecule has 7 nitrogen and oxygen atoms in total. The molecule has 0 spiro atoms. The molecule has 1 aliphatic rings. The first-order chi connectivity index (χ1) is 19.5. The van der Waals surface area contributed by atoms with E-state index >= 15 is 0 Å². The largest absolute Gasteiger partial charge is 0.352 e. The Labute approximate surface area is 256 Å². The van der Waals surface area contributed by atoms with Crippen molar-refractivity contribution in [3.63, 3.8) is 0 Å². The molecule has 4 rings (SSSR count). The molecule has 0 aliphatic heterocycles. The summed E-state index contributed by atoms with van der Waals surface area (Å²) >= 11 is 19.3. The van der Waals surface area contributed by atoms with E-state index < -0.39 is 28.5 Å². The van der Waals surface area contributed by atoms with Crippen molar-refractivity contribution in [2.45, 2.75) is 63.1 Å². The standard InChI is InChI=1S/C30H32Cl3N3O4S/c1-20-15-16-23(17-28(20)33)36(41(39,40)24-11-4-3-5-12-24)19-29(37)35(18-25-26(31)13-8-14-27(25)32)21(2)30(38)34-22-9-6-7-10-22/h3-5,8,11-17,21-22H,6-7,9-10,18-19H2,1-2H3,(H,34,38)/t21-/m1/s1. The number of nitrogens with one attached hydrogen (secondary N) is 1. The normalized spacial score (nSPS) is 14.5. The molecule has 1 N–H and O–H groups in total. The van der Waals surface area contributed by atoms with Crippen LogP contribution in [0.2, 0.25) is 15.1 Å². The third kappa shape index (κ3) is 7.36. The second-order valence-corrected chi connectivity index (χ2v) is 13.2. The van der Waals surface area contributed by atoms with Gasteiger partial charge in [0.05, 0.1) is 10.6 Å². The van der Waals surface area contributed by atoms with Crippen molar-refractivity contribution in [3.8, 4) is 0 Å². The lowest BCUT2D eigenvalue weighted by Crippen LogP contribution is -2.52. The third-order valence-corrected chi connectivity index (χ3v) is 10.2. The van der Waals surface area contributed by atoms with E-state index in [2.05, 4.69) is 5.32 Å². The first kappa shape index (κ1) is 31.2. The average Bonchev–Trinajstić information content (AvgIpc) is 3.46. The van der Waals surface area contributed by atoms with Gasteiger partial charge in [0.2, 0.25) is 11.8 Å². The van der Waals surface area contributed by atoms with Gasteiger partial charge < -0.3 is 10.2 Å². The summed E-state index contributed by atoms with van der Waals surface area (Å²) in [5.41, 5.74) is 1.43. The van der Waals surface area contributed by atoms with Gasteiger partial charge in [-0.25, -0.2) is 8.42 Å². The number of anilines is 1. The zero-order chi connectivity index (χ0) is 29.7. The van der Waals surface area contributed by atoms with Gasteiger partial charge >= 0.3 is 0 Å². The highest BCUT2D eigenvalue weighted by Crippen LogP contribution is 2.30. The fourth-order valence-electron chi connectivity index (χ4n) is 4.81. The Hall–Kier alpha value is -2.78. The van der Waals surface area contributed by atoms with Crippen LogP contribution in [-0.2, 0) is 26.2 Å². The zero-order valence-corrected chi connectivity index (χ0v) is 25.9. The fourth-order valence-corrected chi connectivity index (χ4v) is 6.93. The lowest BCUT2D eigenvalue weighted by atomic mass is 10.1. The van der Waals surface area contributed by atoms with E-state index in [9.17, 15) is 18.0 Å². The number of amides is 2. The molecule has 1 saturated carbocycles. The predicted molar refractivity (Wildman–Crippen MR) is 164 cm³/mol. The Morgan fingerprint density at radius 1 is 0.927 bits per heavy atom. The summed E-state index contributed by atoms with van der Waals surface area (Å²) in [7, 11) is -4.19. The summed E-state index contributed by atoms with van der Waals surface area (Å²) in [6.07, 6.45) is 3.81. The number of benzene rings is 3. The van der Waals surface area contributed by atoms with E-state index in [1.54, 1.807) is 62.4 Å². The Morgan fingerprint density at radius 3 is 2.17 bits per heavy atom. The van der Waals surface area contributed by atoms with Gasteiger partial charge in [0.1, 0.15) is 12.6 Å². The van der Waals surface area contributed by atoms with Crippen LogP contribution < -0.4 is 9.62 Å². The van der Waals surface area contributed by atoms with Crippen LogP contribution in [0.4, 0.5) is 5.69 Å². The molecule has 0 radical (unpaired) electrons. The number of rotatable bonds is 10. The van der Waals surface area contributed by atoms with Crippen LogP contribution >= 0.6 is 34.8 Å². The third-order valence-electron chi connectivity index (χ3n) is 7.31. The number of sulfonamides is 1. The molecule has 0 bridgehead atoms. The molecular formula is C30H32Cl3N3O4S. The predicted octanol–water partition coefficient (Wildman–Crippen LogP) is 6.63. The van der Waals surface area contributed by atoms with Crippen LogP contribution in [0.25, 0.3) is 0 Å². The smallest absolute Gasteiger partial charge is 0.264 e. The SMILES string of the molecule is Cc1ccc(N(CC(=O)N(Cc2c(Cl)cccc2Cl)[C@H](C)C(=O)NC2CCCC2)S(=O)(=O)c2ccccc2)cc1Cl. The lowest BCUT2D eigenvalue weighted by molar-refractivity contribution is -0.139. The second kappa shape index (κ2) is 13.5. The van der Waals surface area contributed by atoms with E-state index in [0.717, 1.165) is 35.6 Å². The maximum absolute atomic E-state index is 14.1. The van der Waals surface area contributed by atoms with Crippen LogP contribution in [0.15, 0.2) is 71.6 Å². The van der Waals surface area contributed by atoms with E-state index in [-0.39, 0.29) is 29.1 Å². The first-order valence-electron chi connectivity index (χ1n) is 13.4. The average molecular weight is 637 g/mol. The minimum Gasteiger partial charge on any atom is -0.352 e. The zero-order valence-electron chi connectivity index (χ0n) is 22.8. The molecule has 0 heterocycles. The maximum atomic E-state index is 14.1. The number of aryl methyl sites for hydroxylation is 1. The van der Waals surface area contributed by atoms with E-state index in [0.29, 0.717) is 20.6 Å². The Bertz CT molecular complexity index is 1490. The number of carbonyl (C=O) groups is 2. The molecule has 41 heavy (non-hydrogen) atoms. The molecule has 11 heteroatoms. The van der Waals surface area contributed by atoms with Gasteiger partial charge in [-0.3, -0.25) is 13.9 Å². The Kier molecular flexibility index (Phi) is 10.2. The number of halogens is 3. The summed E-state index contributed by atoms with van der Waals surface area (Å²) in [5.74, 6) is -0.935. The van der Waals surface area contributed by atoms with Gasteiger partial charge in [0.25, 0.3) is 10.0 Å². The molecule has 1 atom stereocenters. The van der Waals surface area contributed by atoms with Crippen molar-refractivity contribution in [1.29, 1.82) is 0 Å². The van der Waals surface area contributed by atoms with Crippen molar-refractivity contribution in [2.24, 2.45) is 0 Å². The second-order valence-electron chi connectivity index (χ2n) is 10.1. The molecule has 1 aliphatic carbocycles. The molecule has 1 fully saturated rings. The summed E-state index contributed by atoms with van der Waals surface area (Å²) in [5, 5.41) is 4.05. The van der Waals surface area contributed by atoms with E-state index in [1.807, 2.05) is 0 Å². The van der Waals surface area contributed by atoms with Gasteiger partial charge in [-0.15, -0.1) is 0 Å². The van der Waals surface area contributed by atoms with Gasteiger partial charge in [-0.2, -0.15) is 0 Å². The summed E-state index contributed by atoms with van der Waals surface area (Å²) in [6.45, 7) is 2.74. The number of hydrogen-bond donors (Lipinski definition) is 1. The quantitative estimate of drug-likeness (QED) is 0.271. The maximum Gasteiger partial charge on any atom is 0.264 e. The summed E-state index contributed by atoms with van der Waals surface area (Å²) in [6, 6.07) is 16.7. The molecule has 2 amide bonds. The number of carbonyl (C=O) groups excluding carboxylic acids is 2. The molecule has 0 unspecified atom stereocenters. The van der Waals surface area contributed by atoms with Crippen molar-refractivity contribution in [1.82, 2.24) is 10.2 Å². The highest BCUT2D eigenvalue weighted by Gasteiger charge is 2.34. The van der Waals surface area contributed by atoms with Crippen molar-refractivity contribution < 1.29 is 18.0 Å². The van der Waals surface area contributed by atoms with Crippen LogP contribution in [-0.4, -0.2) is 43.8 Å². The first-order valence-corrected chi connectivity index (χ1v) is 15.9. The molecule has 218 valence electrons. The molecule has 0 aromatic heterocycles. The van der Waals surface area contributed by atoms with Crippen molar-refractivity contribution in [3.05, 3.63) is 92.9 Å². The van der Waals surface area contributed by atoms with E-state index in [1.165, 1.54) is 23.1 Å². The van der Waals surface area contributed by atoms with Crippen LogP contribution in [0.3, 0.4) is 0 Å². The topological polar surface area (TPSA) is 86.8 Å². The monoisotopic (exact) mass is 635 g/mol. The summed E-state index contributed by atoms with van der Waals surface area (Å²) in [4.78, 5) is 28.8. The Balaban J connectivity index is 1.73. The van der Waals surface area contributed by atoms with Crippen LogP contribution in [0.5, 0.6) is 0 Å². The Morgan fingerprint density at radius 2 is 1.56 bits per heavy atom. The van der Waals surface area contributed by atoms with E-state index in [4.69, 9.17) is 34.8 Å². The minimum atomic E-state index is -4.19. The highest BCUT2D eigenvalue weighted by atomic mass is 35.5. The number of nitrogens with zero attached hydrogens (tertiary/aromatic N) is 2. The van der Waals surface area contributed by atoms with Gasteiger partial charge in [0, 0.05) is 33.2 Å². The van der Waals surface area contributed by atoms with Crippen molar-refractivity contribution >= 4 is 62.3 Å². The molecular weight excluding hydrogens is 605 g/mol. The number of hydrogen-bond acceptors (Lipinski definition) is 4. The van der Waals surface area contributed by atoms with Crippen LogP contribution in [0.1, 0.15) is 43.7 Å². The molecule has 0 saturated heterocycles. The molecule has 3 aromatic rings. The lowest BCUT2D eigenvalue weighted by Gasteiger charge is -2.33. The minimum absolute atomic E-state index is 0.0113. The van der Waals surface area contributed by atoms with Gasteiger partial charge in [-0.05, 0) is 68.7 Å². The van der Waals surface area contributed by atoms with Crippen molar-refractivity contribution in [2.75, 3.05) is 10.8 Å². The van der Waals surface area contributed by atoms with Gasteiger partial charge in [0.15, 0.2) is 0 Å². The fraction of sp³-hybridized carbons (Fsp3) is 0.333. The highest BCUT2D eigenvalue weighted by molar-refractivity contribution is 7.92. The van der Waals surface area contributed by atoms with Crippen LogP contribution in [0, 0.1) is 6.92 Å². The van der Waals surface area contributed by atoms with Gasteiger partial charge in [-0.1, -0.05) is 78.0 Å². The molecule has 3 aromatic carbocycles.